The maximum absolute atomic E-state index is 12.3. The molecule has 3 rings (SSSR count). The van der Waals surface area contributed by atoms with Gasteiger partial charge in [-0.05, 0) is 36.8 Å². The number of carbonyl (C=O) groups excluding carboxylic acids is 1. The van der Waals surface area contributed by atoms with Crippen molar-refractivity contribution in [3.8, 4) is 6.07 Å². The summed E-state index contributed by atoms with van der Waals surface area (Å²) in [4.78, 5) is 21.3. The SMILES string of the molecule is COC(=O)C1=C(C)NC(c2ccccn2)=NC1c1ccc(C#N)cc1. The largest absolute Gasteiger partial charge is 0.466 e. The molecule has 1 aromatic heterocycles. The standard InChI is InChI=1S/C19H16N4O2/c1-12-16(19(24)25-2)17(14-8-6-13(11-20)7-9-14)23-18(22-12)15-5-3-4-10-21-15/h3-10,17H,1-2H3,(H,22,23). The van der Waals surface area contributed by atoms with Gasteiger partial charge in [0.2, 0.25) is 0 Å². The third-order valence-corrected chi connectivity index (χ3v) is 3.91. The number of ether oxygens (including phenoxy) is 1. The fraction of sp³-hybridized carbons (Fsp3) is 0.158. The Hall–Kier alpha value is -3.46. The van der Waals surface area contributed by atoms with E-state index in [1.54, 1.807) is 37.4 Å². The number of carbonyl (C=O) groups is 1. The van der Waals surface area contributed by atoms with Crippen molar-refractivity contribution in [1.82, 2.24) is 10.3 Å². The molecule has 1 N–H and O–H groups in total. The monoisotopic (exact) mass is 332 g/mol. The smallest absolute Gasteiger partial charge is 0.338 e. The molecule has 1 atom stereocenters. The number of esters is 1. The molecule has 6 heteroatoms. The van der Waals surface area contributed by atoms with Crippen LogP contribution < -0.4 is 5.32 Å². The number of pyridine rings is 1. The fourth-order valence-corrected chi connectivity index (χ4v) is 2.66. The van der Waals surface area contributed by atoms with Crippen molar-refractivity contribution < 1.29 is 9.53 Å². The molecule has 124 valence electrons. The molecular weight excluding hydrogens is 316 g/mol. The van der Waals surface area contributed by atoms with Crippen molar-refractivity contribution in [2.75, 3.05) is 7.11 Å². The third kappa shape index (κ3) is 3.26. The van der Waals surface area contributed by atoms with Gasteiger partial charge in [-0.25, -0.2) is 4.79 Å². The van der Waals surface area contributed by atoms with Gasteiger partial charge in [0.1, 0.15) is 11.7 Å². The maximum Gasteiger partial charge on any atom is 0.338 e. The topological polar surface area (TPSA) is 87.4 Å². The number of methoxy groups -OCH3 is 1. The van der Waals surface area contributed by atoms with E-state index in [-0.39, 0.29) is 0 Å². The van der Waals surface area contributed by atoms with Crippen LogP contribution in [0.25, 0.3) is 0 Å². The lowest BCUT2D eigenvalue weighted by Gasteiger charge is -2.25. The van der Waals surface area contributed by atoms with Crippen LogP contribution in [0.1, 0.15) is 29.8 Å². The predicted molar refractivity (Wildman–Crippen MR) is 92.5 cm³/mol. The molecule has 25 heavy (non-hydrogen) atoms. The number of hydrogen-bond donors (Lipinski definition) is 1. The van der Waals surface area contributed by atoms with Crippen LogP contribution in [-0.2, 0) is 9.53 Å². The molecular formula is C19H16N4O2. The number of nitrogens with zero attached hydrogens (tertiary/aromatic N) is 3. The zero-order valence-corrected chi connectivity index (χ0v) is 13.9. The Morgan fingerprint density at radius 1 is 1.24 bits per heavy atom. The number of hydrogen-bond acceptors (Lipinski definition) is 6. The number of allylic oxidation sites excluding steroid dienone is 1. The lowest BCUT2D eigenvalue weighted by molar-refractivity contribution is -0.136. The summed E-state index contributed by atoms with van der Waals surface area (Å²) in [5, 5.41) is 12.1. The van der Waals surface area contributed by atoms with Crippen molar-refractivity contribution in [3.05, 3.63) is 76.8 Å². The van der Waals surface area contributed by atoms with Gasteiger partial charge < -0.3 is 10.1 Å². The minimum atomic E-state index is -0.529. The number of benzene rings is 1. The zero-order chi connectivity index (χ0) is 17.8. The fourth-order valence-electron chi connectivity index (χ4n) is 2.66. The molecule has 0 radical (unpaired) electrons. The van der Waals surface area contributed by atoms with Gasteiger partial charge in [0, 0.05) is 11.9 Å². The van der Waals surface area contributed by atoms with E-state index in [1.807, 2.05) is 18.2 Å². The number of rotatable bonds is 3. The minimum Gasteiger partial charge on any atom is -0.466 e. The van der Waals surface area contributed by atoms with Gasteiger partial charge in [-0.15, -0.1) is 0 Å². The molecule has 2 aromatic rings. The molecule has 0 fully saturated rings. The highest BCUT2D eigenvalue weighted by molar-refractivity contribution is 6.02. The highest BCUT2D eigenvalue weighted by Gasteiger charge is 2.30. The van der Waals surface area contributed by atoms with Gasteiger partial charge in [-0.2, -0.15) is 5.26 Å². The summed E-state index contributed by atoms with van der Waals surface area (Å²) >= 11 is 0. The van der Waals surface area contributed by atoms with E-state index in [4.69, 9.17) is 10.00 Å². The van der Waals surface area contributed by atoms with E-state index in [9.17, 15) is 4.79 Å². The highest BCUT2D eigenvalue weighted by Crippen LogP contribution is 2.32. The lowest BCUT2D eigenvalue weighted by atomic mass is 9.95. The summed E-state index contributed by atoms with van der Waals surface area (Å²) in [6.45, 7) is 1.81. The Balaban J connectivity index is 2.09. The molecule has 2 heterocycles. The Morgan fingerprint density at radius 2 is 2.00 bits per heavy atom. The quantitative estimate of drug-likeness (QED) is 0.873. The molecule has 0 saturated heterocycles. The van der Waals surface area contributed by atoms with E-state index in [1.165, 1.54) is 7.11 Å². The second kappa shape index (κ2) is 6.97. The van der Waals surface area contributed by atoms with Crippen LogP contribution in [0.4, 0.5) is 0 Å². The first-order chi connectivity index (χ1) is 12.1. The zero-order valence-electron chi connectivity index (χ0n) is 13.9. The van der Waals surface area contributed by atoms with Crippen LogP contribution in [-0.4, -0.2) is 23.9 Å². The molecule has 6 nitrogen and oxygen atoms in total. The number of amidine groups is 1. The Morgan fingerprint density at radius 3 is 2.60 bits per heavy atom. The van der Waals surface area contributed by atoms with Crippen LogP contribution in [0.15, 0.2) is 64.9 Å². The van der Waals surface area contributed by atoms with Crippen molar-refractivity contribution in [3.63, 3.8) is 0 Å². The average molecular weight is 332 g/mol. The predicted octanol–water partition coefficient (Wildman–Crippen LogP) is 2.49. The molecule has 0 aliphatic carbocycles. The lowest BCUT2D eigenvalue weighted by Crippen LogP contribution is -2.33. The second-order valence-electron chi connectivity index (χ2n) is 5.48. The Kier molecular flexibility index (Phi) is 4.57. The first-order valence-corrected chi connectivity index (χ1v) is 7.69. The van der Waals surface area contributed by atoms with Crippen molar-refractivity contribution >= 4 is 11.8 Å². The summed E-state index contributed by atoms with van der Waals surface area (Å²) in [6, 6.07) is 14.1. The van der Waals surface area contributed by atoms with Gasteiger partial charge in [0.25, 0.3) is 0 Å². The molecule has 1 aliphatic rings. The van der Waals surface area contributed by atoms with E-state index in [0.29, 0.717) is 28.4 Å². The van der Waals surface area contributed by atoms with Gasteiger partial charge in [-0.3, -0.25) is 9.98 Å². The normalized spacial score (nSPS) is 16.5. The van der Waals surface area contributed by atoms with Crippen LogP contribution in [0, 0.1) is 11.3 Å². The summed E-state index contributed by atoms with van der Waals surface area (Å²) in [6.07, 6.45) is 1.69. The Bertz CT molecular complexity index is 893. The number of nitrogens with one attached hydrogen (secondary N) is 1. The van der Waals surface area contributed by atoms with Gasteiger partial charge in [0.15, 0.2) is 5.84 Å². The summed E-state index contributed by atoms with van der Waals surface area (Å²) in [5.41, 5.74) is 3.13. The van der Waals surface area contributed by atoms with Crippen LogP contribution in [0.3, 0.4) is 0 Å². The number of aromatic nitrogens is 1. The summed E-state index contributed by atoms with van der Waals surface area (Å²) in [5.74, 6) is 0.142. The summed E-state index contributed by atoms with van der Waals surface area (Å²) in [7, 11) is 1.34. The maximum atomic E-state index is 12.3. The molecule has 1 unspecified atom stereocenters. The summed E-state index contributed by atoms with van der Waals surface area (Å²) < 4.78 is 4.92. The van der Waals surface area contributed by atoms with E-state index in [2.05, 4.69) is 21.4 Å². The molecule has 0 saturated carbocycles. The van der Waals surface area contributed by atoms with Crippen LogP contribution in [0.2, 0.25) is 0 Å². The number of aliphatic imine (C=N–C) groups is 1. The molecule has 0 amide bonds. The minimum absolute atomic E-state index is 0.437. The first kappa shape index (κ1) is 16.4. The molecule has 0 bridgehead atoms. The average Bonchev–Trinajstić information content (AvgIpc) is 2.67. The highest BCUT2D eigenvalue weighted by atomic mass is 16.5. The molecule has 1 aliphatic heterocycles. The van der Waals surface area contributed by atoms with Crippen molar-refractivity contribution in [2.45, 2.75) is 13.0 Å². The van der Waals surface area contributed by atoms with E-state index >= 15 is 0 Å². The van der Waals surface area contributed by atoms with Crippen LogP contribution >= 0.6 is 0 Å². The number of nitriles is 1. The Labute approximate surface area is 145 Å². The van der Waals surface area contributed by atoms with Gasteiger partial charge >= 0.3 is 5.97 Å². The van der Waals surface area contributed by atoms with Crippen LogP contribution in [0.5, 0.6) is 0 Å². The second-order valence-corrected chi connectivity index (χ2v) is 5.48. The van der Waals surface area contributed by atoms with Gasteiger partial charge in [0.05, 0.1) is 24.3 Å². The first-order valence-electron chi connectivity index (χ1n) is 7.69. The van der Waals surface area contributed by atoms with E-state index < -0.39 is 12.0 Å². The molecule has 1 aromatic carbocycles. The molecule has 0 spiro atoms. The van der Waals surface area contributed by atoms with Crippen molar-refractivity contribution in [1.29, 1.82) is 5.26 Å². The van der Waals surface area contributed by atoms with Gasteiger partial charge in [-0.1, -0.05) is 18.2 Å². The third-order valence-electron chi connectivity index (χ3n) is 3.91. The van der Waals surface area contributed by atoms with E-state index in [0.717, 1.165) is 5.56 Å². The van der Waals surface area contributed by atoms with Crippen molar-refractivity contribution in [2.24, 2.45) is 4.99 Å².